The number of amides is 2. The first-order valence-corrected chi connectivity index (χ1v) is 13.6. The highest BCUT2D eigenvalue weighted by Crippen LogP contribution is 2.24. The number of aromatic amines is 1. The van der Waals surface area contributed by atoms with E-state index in [9.17, 15) is 4.79 Å². The molecule has 0 atom stereocenters. The molecule has 0 unspecified atom stereocenters. The van der Waals surface area contributed by atoms with Gasteiger partial charge in [-0.05, 0) is 52.8 Å². The van der Waals surface area contributed by atoms with E-state index in [-0.39, 0.29) is 6.03 Å². The van der Waals surface area contributed by atoms with Gasteiger partial charge in [0.05, 0.1) is 5.69 Å². The lowest BCUT2D eigenvalue weighted by atomic mass is 10.1. The summed E-state index contributed by atoms with van der Waals surface area (Å²) in [6.45, 7) is 1.58. The van der Waals surface area contributed by atoms with Gasteiger partial charge in [0, 0.05) is 35.6 Å². The second-order valence-electron chi connectivity index (χ2n) is 9.91. The Morgan fingerprint density at radius 3 is 2.30 bits per heavy atom. The number of H-pyrrole nitrogens is 1. The summed E-state index contributed by atoms with van der Waals surface area (Å²) < 4.78 is 5.96. The molecule has 198 valence electrons. The minimum absolute atomic E-state index is 0.124. The van der Waals surface area contributed by atoms with Crippen molar-refractivity contribution in [1.82, 2.24) is 9.88 Å². The molecule has 0 saturated carbocycles. The van der Waals surface area contributed by atoms with Crippen LogP contribution in [-0.4, -0.2) is 22.5 Å². The summed E-state index contributed by atoms with van der Waals surface area (Å²) in [5.74, 6) is 0.804. The Balaban J connectivity index is 1.19. The maximum absolute atomic E-state index is 13.7. The van der Waals surface area contributed by atoms with Gasteiger partial charge in [0.2, 0.25) is 0 Å². The Morgan fingerprint density at radius 1 is 0.725 bits per heavy atom. The zero-order chi connectivity index (χ0) is 27.1. The number of rotatable bonds is 9. The molecule has 5 nitrogen and oxygen atoms in total. The first-order chi connectivity index (χ1) is 19.7. The van der Waals surface area contributed by atoms with Crippen LogP contribution in [0.2, 0.25) is 0 Å². The first kappa shape index (κ1) is 25.3. The highest BCUT2D eigenvalue weighted by molar-refractivity contribution is 6.01. The van der Waals surface area contributed by atoms with E-state index in [4.69, 9.17) is 4.74 Å². The number of ether oxygens (including phenoxy) is 1. The third-order valence-corrected chi connectivity index (χ3v) is 7.19. The molecular weight excluding hydrogens is 494 g/mol. The summed E-state index contributed by atoms with van der Waals surface area (Å²) in [5.41, 5.74) is 5.28. The number of hydrogen-bond acceptors (Lipinski definition) is 2. The molecule has 0 radical (unpaired) electrons. The minimum Gasteiger partial charge on any atom is -0.489 e. The molecule has 1 heterocycles. The standard InChI is InChI=1S/C35H31N3O2/c39-35(37-34-16-8-12-28-11-4-5-13-31(28)34)38(22-21-29-23-36-33-15-7-6-14-32(29)33)24-26-17-19-30(20-18-26)40-25-27-9-2-1-3-10-27/h1-20,23,36H,21-22,24-25H2,(H,37,39). The number of fused-ring (bicyclic) bond motifs is 2. The van der Waals surface area contributed by atoms with E-state index >= 15 is 0 Å². The third-order valence-electron chi connectivity index (χ3n) is 7.19. The van der Waals surface area contributed by atoms with Crippen LogP contribution in [0.25, 0.3) is 21.7 Å². The molecule has 0 saturated heterocycles. The fourth-order valence-corrected chi connectivity index (χ4v) is 5.03. The Morgan fingerprint density at radius 2 is 1.45 bits per heavy atom. The normalized spacial score (nSPS) is 11.0. The Kier molecular flexibility index (Phi) is 7.44. The van der Waals surface area contributed by atoms with Crippen molar-refractivity contribution in [1.29, 1.82) is 0 Å². The van der Waals surface area contributed by atoms with Crippen LogP contribution in [0, 0.1) is 0 Å². The zero-order valence-corrected chi connectivity index (χ0v) is 22.2. The van der Waals surface area contributed by atoms with E-state index in [1.165, 1.54) is 10.9 Å². The lowest BCUT2D eigenvalue weighted by molar-refractivity contribution is 0.210. The lowest BCUT2D eigenvalue weighted by Crippen LogP contribution is -2.36. The van der Waals surface area contributed by atoms with E-state index in [0.717, 1.165) is 45.3 Å². The second kappa shape index (κ2) is 11.8. The van der Waals surface area contributed by atoms with Crippen molar-refractivity contribution in [2.75, 3.05) is 11.9 Å². The van der Waals surface area contributed by atoms with Gasteiger partial charge in [-0.1, -0.05) is 97.1 Å². The van der Waals surface area contributed by atoms with Crippen LogP contribution in [0.4, 0.5) is 10.5 Å². The minimum atomic E-state index is -0.124. The molecule has 2 amide bonds. The van der Waals surface area contributed by atoms with E-state index in [1.807, 2.05) is 96.0 Å². The molecule has 0 bridgehead atoms. The number of hydrogen-bond donors (Lipinski definition) is 2. The first-order valence-electron chi connectivity index (χ1n) is 13.6. The molecular formula is C35H31N3O2. The molecule has 6 aromatic rings. The van der Waals surface area contributed by atoms with E-state index in [0.29, 0.717) is 19.7 Å². The van der Waals surface area contributed by atoms with Crippen molar-refractivity contribution in [3.05, 3.63) is 144 Å². The number of para-hydroxylation sites is 1. The van der Waals surface area contributed by atoms with Crippen LogP contribution in [0.1, 0.15) is 16.7 Å². The summed E-state index contributed by atoms with van der Waals surface area (Å²) in [6.07, 6.45) is 2.79. The van der Waals surface area contributed by atoms with Crippen LogP contribution < -0.4 is 10.1 Å². The number of carbonyl (C=O) groups excluding carboxylic acids is 1. The topological polar surface area (TPSA) is 57.4 Å². The van der Waals surface area contributed by atoms with Gasteiger partial charge < -0.3 is 19.9 Å². The van der Waals surface area contributed by atoms with Crippen molar-refractivity contribution < 1.29 is 9.53 Å². The van der Waals surface area contributed by atoms with Gasteiger partial charge in [-0.25, -0.2) is 4.79 Å². The van der Waals surface area contributed by atoms with Crippen LogP contribution in [0.3, 0.4) is 0 Å². The fourth-order valence-electron chi connectivity index (χ4n) is 5.03. The van der Waals surface area contributed by atoms with Crippen molar-refractivity contribution in [2.45, 2.75) is 19.6 Å². The summed E-state index contributed by atoms with van der Waals surface area (Å²) >= 11 is 0. The predicted molar refractivity (Wildman–Crippen MR) is 163 cm³/mol. The van der Waals surface area contributed by atoms with Gasteiger partial charge in [0.25, 0.3) is 0 Å². The molecule has 0 aliphatic carbocycles. The summed E-state index contributed by atoms with van der Waals surface area (Å²) in [4.78, 5) is 18.9. The SMILES string of the molecule is O=C(Nc1cccc2ccccc12)N(CCc1c[nH]c2ccccc12)Cc1ccc(OCc2ccccc2)cc1. The number of nitrogens with one attached hydrogen (secondary N) is 2. The molecule has 0 spiro atoms. The molecule has 5 aromatic carbocycles. The maximum atomic E-state index is 13.7. The summed E-state index contributed by atoms with van der Waals surface area (Å²) in [7, 11) is 0. The monoisotopic (exact) mass is 525 g/mol. The average Bonchev–Trinajstić information content (AvgIpc) is 3.42. The fraction of sp³-hybridized carbons (Fsp3) is 0.114. The number of urea groups is 1. The van der Waals surface area contributed by atoms with Crippen LogP contribution in [-0.2, 0) is 19.6 Å². The Bertz CT molecular complexity index is 1720. The molecule has 40 heavy (non-hydrogen) atoms. The average molecular weight is 526 g/mol. The van der Waals surface area contributed by atoms with Crippen molar-refractivity contribution >= 4 is 33.4 Å². The highest BCUT2D eigenvalue weighted by Gasteiger charge is 2.17. The number of nitrogens with zero attached hydrogens (tertiary/aromatic N) is 1. The van der Waals surface area contributed by atoms with E-state index in [2.05, 4.69) is 46.7 Å². The van der Waals surface area contributed by atoms with Crippen LogP contribution >= 0.6 is 0 Å². The molecule has 0 aliphatic heterocycles. The molecule has 2 N–H and O–H groups in total. The summed E-state index contributed by atoms with van der Waals surface area (Å²) in [6, 6.07) is 40.4. The van der Waals surface area contributed by atoms with E-state index in [1.54, 1.807) is 0 Å². The van der Waals surface area contributed by atoms with Crippen molar-refractivity contribution in [2.24, 2.45) is 0 Å². The molecule has 6 rings (SSSR count). The summed E-state index contributed by atoms with van der Waals surface area (Å²) in [5, 5.41) is 6.49. The van der Waals surface area contributed by atoms with E-state index < -0.39 is 0 Å². The Hall–Kier alpha value is -5.03. The zero-order valence-electron chi connectivity index (χ0n) is 22.2. The van der Waals surface area contributed by atoms with Crippen LogP contribution in [0.15, 0.2) is 128 Å². The predicted octanol–water partition coefficient (Wildman–Crippen LogP) is 8.18. The number of aromatic nitrogens is 1. The quantitative estimate of drug-likeness (QED) is 0.200. The maximum Gasteiger partial charge on any atom is 0.322 e. The lowest BCUT2D eigenvalue weighted by Gasteiger charge is -2.24. The Labute approximate surface area is 234 Å². The number of carbonyl (C=O) groups is 1. The second-order valence-corrected chi connectivity index (χ2v) is 9.91. The highest BCUT2D eigenvalue weighted by atomic mass is 16.5. The van der Waals surface area contributed by atoms with Gasteiger partial charge in [0.1, 0.15) is 12.4 Å². The van der Waals surface area contributed by atoms with Gasteiger partial charge in [-0.2, -0.15) is 0 Å². The van der Waals surface area contributed by atoms with Crippen LogP contribution in [0.5, 0.6) is 5.75 Å². The van der Waals surface area contributed by atoms with Crippen molar-refractivity contribution in [3.8, 4) is 5.75 Å². The number of benzene rings is 5. The smallest absolute Gasteiger partial charge is 0.322 e. The molecule has 0 fully saturated rings. The van der Waals surface area contributed by atoms with Gasteiger partial charge >= 0.3 is 6.03 Å². The van der Waals surface area contributed by atoms with Gasteiger partial charge in [0.15, 0.2) is 0 Å². The third kappa shape index (κ3) is 5.84. The largest absolute Gasteiger partial charge is 0.489 e. The molecule has 1 aromatic heterocycles. The van der Waals surface area contributed by atoms with Gasteiger partial charge in [-0.15, -0.1) is 0 Å². The van der Waals surface area contributed by atoms with Crippen molar-refractivity contribution in [3.63, 3.8) is 0 Å². The molecule has 5 heteroatoms. The molecule has 0 aliphatic rings. The number of anilines is 1. The van der Waals surface area contributed by atoms with Gasteiger partial charge in [-0.3, -0.25) is 0 Å².